The number of pyridine rings is 1. The first-order chi connectivity index (χ1) is 13.5. The van der Waals surface area contributed by atoms with Crippen LogP contribution in [0.1, 0.15) is 46.3 Å². The third-order valence-corrected chi connectivity index (χ3v) is 3.63. The van der Waals surface area contributed by atoms with Gasteiger partial charge in [-0.1, -0.05) is 6.07 Å². The second-order valence-corrected chi connectivity index (χ2v) is 5.64. The van der Waals surface area contributed by atoms with Gasteiger partial charge < -0.3 is 8.83 Å². The van der Waals surface area contributed by atoms with Crippen molar-refractivity contribution in [2.45, 2.75) is 13.8 Å². The molecule has 142 valence electrons. The van der Waals surface area contributed by atoms with Gasteiger partial charge in [-0.25, -0.2) is 15.8 Å². The molecule has 0 atom stereocenters. The van der Waals surface area contributed by atoms with Crippen molar-refractivity contribution in [3.63, 3.8) is 0 Å². The van der Waals surface area contributed by atoms with Crippen LogP contribution in [0.4, 0.5) is 0 Å². The first-order valence-electron chi connectivity index (χ1n) is 8.28. The zero-order chi connectivity index (χ0) is 19.9. The van der Waals surface area contributed by atoms with E-state index in [1.807, 2.05) is 0 Å². The fraction of sp³-hybridized carbons (Fsp3) is 0.105. The van der Waals surface area contributed by atoms with Crippen molar-refractivity contribution >= 4 is 23.2 Å². The lowest BCUT2D eigenvalue weighted by atomic mass is 10.2. The highest BCUT2D eigenvalue weighted by atomic mass is 16.3. The van der Waals surface area contributed by atoms with E-state index in [0.29, 0.717) is 22.8 Å². The van der Waals surface area contributed by atoms with Crippen molar-refractivity contribution in [1.29, 1.82) is 0 Å². The van der Waals surface area contributed by atoms with Crippen LogP contribution in [0.15, 0.2) is 74.0 Å². The molecule has 0 bridgehead atoms. The van der Waals surface area contributed by atoms with Gasteiger partial charge >= 0.3 is 11.8 Å². The molecule has 0 radical (unpaired) electrons. The minimum atomic E-state index is -0.459. The maximum absolute atomic E-state index is 11.9. The Kier molecular flexibility index (Phi) is 5.75. The van der Waals surface area contributed by atoms with Gasteiger partial charge in [-0.05, 0) is 50.2 Å². The number of aromatic nitrogens is 1. The number of amides is 2. The molecule has 0 saturated heterocycles. The summed E-state index contributed by atoms with van der Waals surface area (Å²) in [5.41, 5.74) is 6.89. The first-order valence-corrected chi connectivity index (χ1v) is 8.28. The molecule has 0 aliphatic heterocycles. The summed E-state index contributed by atoms with van der Waals surface area (Å²) in [7, 11) is 0. The quantitative estimate of drug-likeness (QED) is 0.503. The smallest absolute Gasteiger partial charge is 0.307 e. The van der Waals surface area contributed by atoms with E-state index >= 15 is 0 Å². The normalized spacial score (nSPS) is 11.9. The van der Waals surface area contributed by atoms with Crippen LogP contribution in [0.5, 0.6) is 0 Å². The van der Waals surface area contributed by atoms with Crippen molar-refractivity contribution in [2.24, 2.45) is 10.2 Å². The topological polar surface area (TPSA) is 122 Å². The van der Waals surface area contributed by atoms with Crippen LogP contribution in [-0.4, -0.2) is 28.2 Å². The molecule has 0 spiro atoms. The molecule has 0 aliphatic carbocycles. The molecular weight excluding hydrogens is 362 g/mol. The number of rotatable bonds is 6. The van der Waals surface area contributed by atoms with Gasteiger partial charge in [0.1, 0.15) is 0 Å². The zero-order valence-electron chi connectivity index (χ0n) is 15.2. The molecule has 0 unspecified atom stereocenters. The SMILES string of the molecule is CC(=NNC(=O)c1ccco1)c1cccc(C(C)=NNC(=O)c2ccco2)n1. The number of hydrazone groups is 2. The second-order valence-electron chi connectivity index (χ2n) is 5.64. The summed E-state index contributed by atoms with van der Waals surface area (Å²) in [6, 6.07) is 11.6. The largest absolute Gasteiger partial charge is 0.459 e. The lowest BCUT2D eigenvalue weighted by Gasteiger charge is -2.05. The number of carbonyl (C=O) groups excluding carboxylic acids is 2. The van der Waals surface area contributed by atoms with Gasteiger partial charge in [0.05, 0.1) is 35.3 Å². The molecule has 0 fully saturated rings. The van der Waals surface area contributed by atoms with Crippen LogP contribution in [0.3, 0.4) is 0 Å². The summed E-state index contributed by atoms with van der Waals surface area (Å²) >= 11 is 0. The van der Waals surface area contributed by atoms with Crippen LogP contribution >= 0.6 is 0 Å². The van der Waals surface area contributed by atoms with E-state index in [4.69, 9.17) is 8.83 Å². The molecule has 9 heteroatoms. The van der Waals surface area contributed by atoms with Gasteiger partial charge in [-0.3, -0.25) is 9.59 Å². The maximum Gasteiger partial charge on any atom is 0.307 e. The Balaban J connectivity index is 1.68. The zero-order valence-corrected chi connectivity index (χ0v) is 15.2. The van der Waals surface area contributed by atoms with Crippen molar-refractivity contribution in [2.75, 3.05) is 0 Å². The fourth-order valence-corrected chi connectivity index (χ4v) is 2.15. The number of furan rings is 2. The van der Waals surface area contributed by atoms with E-state index in [1.54, 1.807) is 44.2 Å². The van der Waals surface area contributed by atoms with Gasteiger partial charge in [0, 0.05) is 0 Å². The number of carbonyl (C=O) groups is 2. The average Bonchev–Trinajstić information content (AvgIpc) is 3.43. The molecule has 3 aromatic heterocycles. The van der Waals surface area contributed by atoms with Crippen LogP contribution < -0.4 is 10.9 Å². The molecule has 2 N–H and O–H groups in total. The molecule has 28 heavy (non-hydrogen) atoms. The van der Waals surface area contributed by atoms with Crippen molar-refractivity contribution in [1.82, 2.24) is 15.8 Å². The Morgan fingerprint density at radius 2 is 1.25 bits per heavy atom. The van der Waals surface area contributed by atoms with E-state index in [2.05, 4.69) is 26.0 Å². The summed E-state index contributed by atoms with van der Waals surface area (Å²) in [5, 5.41) is 8.06. The summed E-state index contributed by atoms with van der Waals surface area (Å²) in [6.45, 7) is 3.42. The lowest BCUT2D eigenvalue weighted by molar-refractivity contribution is 0.0920. The number of nitrogens with one attached hydrogen (secondary N) is 2. The van der Waals surface area contributed by atoms with Crippen molar-refractivity contribution in [3.8, 4) is 0 Å². The van der Waals surface area contributed by atoms with Crippen molar-refractivity contribution < 1.29 is 18.4 Å². The van der Waals surface area contributed by atoms with E-state index in [9.17, 15) is 9.59 Å². The van der Waals surface area contributed by atoms with E-state index in [0.717, 1.165) is 0 Å². The molecule has 3 aromatic rings. The monoisotopic (exact) mass is 379 g/mol. The van der Waals surface area contributed by atoms with Gasteiger partial charge in [-0.15, -0.1) is 0 Å². The Labute approximate surface area is 160 Å². The van der Waals surface area contributed by atoms with E-state index < -0.39 is 11.8 Å². The van der Waals surface area contributed by atoms with Crippen LogP contribution in [-0.2, 0) is 0 Å². The Hall–Kier alpha value is -4.01. The van der Waals surface area contributed by atoms with E-state index in [1.165, 1.54) is 24.7 Å². The molecule has 2 amide bonds. The molecule has 0 saturated carbocycles. The fourth-order valence-electron chi connectivity index (χ4n) is 2.15. The summed E-state index contributed by atoms with van der Waals surface area (Å²) in [4.78, 5) is 28.2. The number of nitrogens with zero attached hydrogens (tertiary/aromatic N) is 3. The van der Waals surface area contributed by atoms with Crippen LogP contribution in [0.2, 0.25) is 0 Å². The summed E-state index contributed by atoms with van der Waals surface area (Å²) in [5.74, 6) is -0.597. The molecule has 3 rings (SSSR count). The lowest BCUT2D eigenvalue weighted by Crippen LogP contribution is -2.20. The summed E-state index contributed by atoms with van der Waals surface area (Å²) < 4.78 is 10.0. The highest BCUT2D eigenvalue weighted by molar-refractivity contribution is 6.02. The maximum atomic E-state index is 11.9. The van der Waals surface area contributed by atoms with Crippen LogP contribution in [0.25, 0.3) is 0 Å². The Morgan fingerprint density at radius 1 is 0.786 bits per heavy atom. The molecule has 0 aromatic carbocycles. The molecular formula is C19H17N5O4. The molecule has 3 heterocycles. The Bertz CT molecular complexity index is 941. The van der Waals surface area contributed by atoms with E-state index in [-0.39, 0.29) is 11.5 Å². The first kappa shape index (κ1) is 18.8. The van der Waals surface area contributed by atoms with Gasteiger partial charge in [0.15, 0.2) is 11.5 Å². The molecule has 9 nitrogen and oxygen atoms in total. The predicted octanol–water partition coefficient (Wildman–Crippen LogP) is 2.58. The average molecular weight is 379 g/mol. The third-order valence-electron chi connectivity index (χ3n) is 3.63. The third kappa shape index (κ3) is 4.58. The molecule has 0 aliphatic rings. The number of hydrogen-bond acceptors (Lipinski definition) is 7. The van der Waals surface area contributed by atoms with Gasteiger partial charge in [0.25, 0.3) is 0 Å². The highest BCUT2D eigenvalue weighted by Gasteiger charge is 2.10. The van der Waals surface area contributed by atoms with Gasteiger partial charge in [-0.2, -0.15) is 10.2 Å². The second kappa shape index (κ2) is 8.58. The van der Waals surface area contributed by atoms with Gasteiger partial charge in [0.2, 0.25) is 0 Å². The Morgan fingerprint density at radius 3 is 1.64 bits per heavy atom. The minimum Gasteiger partial charge on any atom is -0.459 e. The predicted molar refractivity (Wildman–Crippen MR) is 101 cm³/mol. The van der Waals surface area contributed by atoms with Crippen molar-refractivity contribution in [3.05, 3.63) is 77.9 Å². The standard InChI is InChI=1S/C19H17N5O4/c1-12(21-23-18(25)16-8-4-10-27-16)14-6-3-7-15(20-14)13(2)22-24-19(26)17-9-5-11-28-17/h3-11H,1-2H3,(H,23,25)(H,24,26). The number of hydrogen-bond donors (Lipinski definition) is 2. The van der Waals surface area contributed by atoms with Crippen LogP contribution in [0, 0.1) is 0 Å². The minimum absolute atomic E-state index is 0.161. The summed E-state index contributed by atoms with van der Waals surface area (Å²) in [6.07, 6.45) is 2.81. The highest BCUT2D eigenvalue weighted by Crippen LogP contribution is 2.04.